The molecular formula is C13H18N2O. The molecule has 1 saturated carbocycles. The topological polar surface area (TPSA) is 46.3 Å². The van der Waals surface area contributed by atoms with Crippen LogP contribution in [0.1, 0.15) is 12.0 Å². The Bertz CT molecular complexity index is 388. The van der Waals surface area contributed by atoms with Gasteiger partial charge in [0.2, 0.25) is 5.91 Å². The van der Waals surface area contributed by atoms with Gasteiger partial charge in [0.05, 0.1) is 5.41 Å². The van der Waals surface area contributed by atoms with Crippen LogP contribution in [0.3, 0.4) is 0 Å². The lowest BCUT2D eigenvalue weighted by Crippen LogP contribution is -2.36. The predicted molar refractivity (Wildman–Crippen MR) is 64.0 cm³/mol. The highest BCUT2D eigenvalue weighted by Crippen LogP contribution is 2.54. The summed E-state index contributed by atoms with van der Waals surface area (Å²) in [6, 6.07) is 9.98. The lowest BCUT2D eigenvalue weighted by atomic mass is 9.91. The van der Waals surface area contributed by atoms with Gasteiger partial charge < -0.3 is 10.6 Å². The minimum absolute atomic E-state index is 0.175. The van der Waals surface area contributed by atoms with Crippen LogP contribution in [-0.2, 0) is 10.2 Å². The molecule has 0 radical (unpaired) electrons. The number of hydrogen-bond acceptors (Lipinski definition) is 2. The van der Waals surface area contributed by atoms with E-state index < -0.39 is 0 Å². The van der Waals surface area contributed by atoms with E-state index >= 15 is 0 Å². The third-order valence-corrected chi connectivity index (χ3v) is 3.47. The minimum Gasteiger partial charge on any atom is -0.348 e. The van der Waals surface area contributed by atoms with Gasteiger partial charge >= 0.3 is 0 Å². The molecule has 0 bridgehead atoms. The van der Waals surface area contributed by atoms with Gasteiger partial charge in [-0.1, -0.05) is 30.3 Å². The first-order valence-corrected chi connectivity index (χ1v) is 5.60. The van der Waals surface area contributed by atoms with Crippen molar-refractivity contribution in [3.63, 3.8) is 0 Å². The summed E-state index contributed by atoms with van der Waals surface area (Å²) < 4.78 is 0. The van der Waals surface area contributed by atoms with Crippen molar-refractivity contribution in [1.82, 2.24) is 4.90 Å². The number of benzene rings is 1. The first-order chi connectivity index (χ1) is 7.63. The molecule has 1 amide bonds. The van der Waals surface area contributed by atoms with Gasteiger partial charge in [0.25, 0.3) is 0 Å². The molecule has 1 aliphatic rings. The van der Waals surface area contributed by atoms with Gasteiger partial charge in [0.1, 0.15) is 0 Å². The molecule has 2 N–H and O–H groups in total. The molecule has 0 saturated heterocycles. The molecule has 2 atom stereocenters. The first kappa shape index (κ1) is 11.1. The lowest BCUT2D eigenvalue weighted by molar-refractivity contribution is -0.131. The van der Waals surface area contributed by atoms with E-state index in [0.29, 0.717) is 12.5 Å². The fourth-order valence-electron chi connectivity index (χ4n) is 2.49. The molecule has 0 aliphatic heterocycles. The van der Waals surface area contributed by atoms with Crippen LogP contribution >= 0.6 is 0 Å². The van der Waals surface area contributed by atoms with Crippen LogP contribution in [0.15, 0.2) is 30.3 Å². The van der Waals surface area contributed by atoms with Gasteiger partial charge in [-0.15, -0.1) is 0 Å². The van der Waals surface area contributed by atoms with E-state index in [1.54, 1.807) is 19.0 Å². The van der Waals surface area contributed by atoms with Gasteiger partial charge in [0, 0.05) is 14.1 Å². The van der Waals surface area contributed by atoms with Gasteiger partial charge in [-0.25, -0.2) is 0 Å². The Morgan fingerprint density at radius 2 is 2.06 bits per heavy atom. The first-order valence-electron chi connectivity index (χ1n) is 5.60. The van der Waals surface area contributed by atoms with Crippen molar-refractivity contribution in [3.05, 3.63) is 35.9 Å². The summed E-state index contributed by atoms with van der Waals surface area (Å²) >= 11 is 0. The molecule has 3 heteroatoms. The minimum atomic E-state index is -0.348. The number of nitrogens with zero attached hydrogens (tertiary/aromatic N) is 1. The summed E-state index contributed by atoms with van der Waals surface area (Å²) in [6.07, 6.45) is 0.879. The van der Waals surface area contributed by atoms with Crippen LogP contribution < -0.4 is 5.73 Å². The second-order valence-electron chi connectivity index (χ2n) is 4.67. The third-order valence-electron chi connectivity index (χ3n) is 3.47. The van der Waals surface area contributed by atoms with Crippen LogP contribution in [0.5, 0.6) is 0 Å². The molecule has 1 fully saturated rings. The Kier molecular flexibility index (Phi) is 2.72. The van der Waals surface area contributed by atoms with Crippen molar-refractivity contribution in [2.45, 2.75) is 11.8 Å². The number of hydrogen-bond donors (Lipinski definition) is 1. The highest BCUT2D eigenvalue weighted by Gasteiger charge is 2.60. The number of carbonyl (C=O) groups is 1. The molecule has 1 aromatic carbocycles. The van der Waals surface area contributed by atoms with Crippen molar-refractivity contribution < 1.29 is 4.79 Å². The zero-order valence-electron chi connectivity index (χ0n) is 9.81. The average Bonchev–Trinajstić information content (AvgIpc) is 3.04. The van der Waals surface area contributed by atoms with Crippen molar-refractivity contribution in [3.8, 4) is 0 Å². The Labute approximate surface area is 96.2 Å². The molecule has 1 unspecified atom stereocenters. The van der Waals surface area contributed by atoms with Gasteiger partial charge in [0.15, 0.2) is 0 Å². The van der Waals surface area contributed by atoms with Crippen molar-refractivity contribution in [1.29, 1.82) is 0 Å². The maximum absolute atomic E-state index is 12.3. The van der Waals surface area contributed by atoms with Gasteiger partial charge in [-0.05, 0) is 24.4 Å². The zero-order chi connectivity index (χ0) is 11.8. The number of amides is 1. The molecule has 0 spiro atoms. The van der Waals surface area contributed by atoms with Crippen LogP contribution in [0.2, 0.25) is 0 Å². The Morgan fingerprint density at radius 3 is 2.50 bits per heavy atom. The van der Waals surface area contributed by atoms with E-state index in [1.807, 2.05) is 30.3 Å². The molecular weight excluding hydrogens is 200 g/mol. The number of likely N-dealkylation sites (N-methyl/N-ethyl adjacent to an activating group) is 1. The van der Waals surface area contributed by atoms with E-state index in [-0.39, 0.29) is 11.3 Å². The average molecular weight is 218 g/mol. The smallest absolute Gasteiger partial charge is 0.233 e. The fourth-order valence-corrected chi connectivity index (χ4v) is 2.49. The van der Waals surface area contributed by atoms with E-state index in [0.717, 1.165) is 12.0 Å². The van der Waals surface area contributed by atoms with E-state index in [9.17, 15) is 4.79 Å². The molecule has 0 heterocycles. The largest absolute Gasteiger partial charge is 0.348 e. The number of carbonyl (C=O) groups excluding carboxylic acids is 1. The second kappa shape index (κ2) is 3.91. The molecule has 0 aromatic heterocycles. The van der Waals surface area contributed by atoms with Gasteiger partial charge in [-0.3, -0.25) is 4.79 Å². The third kappa shape index (κ3) is 1.52. The molecule has 1 aromatic rings. The Hall–Kier alpha value is -1.35. The summed E-state index contributed by atoms with van der Waals surface area (Å²) in [7, 11) is 3.61. The summed E-state index contributed by atoms with van der Waals surface area (Å²) in [5.74, 6) is 0.471. The maximum atomic E-state index is 12.3. The zero-order valence-corrected chi connectivity index (χ0v) is 9.81. The number of rotatable bonds is 3. The van der Waals surface area contributed by atoms with Crippen LogP contribution in [0.25, 0.3) is 0 Å². The SMILES string of the molecule is CN(C)C(=O)[C@]1(c2ccccc2)CC1CN. The Morgan fingerprint density at radius 1 is 1.44 bits per heavy atom. The summed E-state index contributed by atoms with van der Waals surface area (Å²) in [6.45, 7) is 0.578. The normalized spacial score (nSPS) is 27.6. The molecule has 3 nitrogen and oxygen atoms in total. The molecule has 16 heavy (non-hydrogen) atoms. The van der Waals surface area contributed by atoms with E-state index in [2.05, 4.69) is 0 Å². The van der Waals surface area contributed by atoms with Crippen molar-refractivity contribution in [2.75, 3.05) is 20.6 Å². The quantitative estimate of drug-likeness (QED) is 0.822. The standard InChI is InChI=1S/C13H18N2O/c1-15(2)12(16)13(8-11(13)9-14)10-6-4-3-5-7-10/h3-7,11H,8-9,14H2,1-2H3/t11?,13-/m0/s1. The fraction of sp³-hybridized carbons (Fsp3) is 0.462. The summed E-state index contributed by atoms with van der Waals surface area (Å²) in [5, 5.41) is 0. The molecule has 1 aliphatic carbocycles. The van der Waals surface area contributed by atoms with E-state index in [4.69, 9.17) is 5.73 Å². The summed E-state index contributed by atoms with van der Waals surface area (Å²) in [4.78, 5) is 13.9. The van der Waals surface area contributed by atoms with E-state index in [1.165, 1.54) is 0 Å². The second-order valence-corrected chi connectivity index (χ2v) is 4.67. The highest BCUT2D eigenvalue weighted by molar-refractivity contribution is 5.91. The van der Waals surface area contributed by atoms with Crippen molar-refractivity contribution >= 4 is 5.91 Å². The van der Waals surface area contributed by atoms with Crippen LogP contribution in [-0.4, -0.2) is 31.4 Å². The predicted octanol–water partition coefficient (Wildman–Crippen LogP) is 0.991. The number of nitrogens with two attached hydrogens (primary N) is 1. The maximum Gasteiger partial charge on any atom is 0.233 e. The van der Waals surface area contributed by atoms with Gasteiger partial charge in [-0.2, -0.15) is 0 Å². The molecule has 86 valence electrons. The van der Waals surface area contributed by atoms with Crippen LogP contribution in [0, 0.1) is 5.92 Å². The van der Waals surface area contributed by atoms with Crippen LogP contribution in [0.4, 0.5) is 0 Å². The van der Waals surface area contributed by atoms with Crippen molar-refractivity contribution in [2.24, 2.45) is 11.7 Å². The highest BCUT2D eigenvalue weighted by atomic mass is 16.2. The summed E-state index contributed by atoms with van der Waals surface area (Å²) in [5.41, 5.74) is 6.47. The lowest BCUT2D eigenvalue weighted by Gasteiger charge is -2.21. The molecule has 2 rings (SSSR count). The Balaban J connectivity index is 2.36. The monoisotopic (exact) mass is 218 g/mol.